The summed E-state index contributed by atoms with van der Waals surface area (Å²) in [5.74, 6) is -0.0768. The van der Waals surface area contributed by atoms with Crippen LogP contribution in [0.1, 0.15) is 39.5 Å². The number of carbonyl (C=O) groups is 1. The Labute approximate surface area is 126 Å². The molecule has 0 saturated carbocycles. The average Bonchev–Trinajstić information content (AvgIpc) is 3.05. The molecule has 1 amide bonds. The number of aryl methyl sites for hydroxylation is 1. The van der Waals surface area contributed by atoms with Crippen molar-refractivity contribution < 1.29 is 4.79 Å². The molecular formula is C14H16ClN3OS. The Morgan fingerprint density at radius 2 is 2.25 bits per heavy atom. The van der Waals surface area contributed by atoms with Crippen molar-refractivity contribution in [2.24, 2.45) is 0 Å². The summed E-state index contributed by atoms with van der Waals surface area (Å²) < 4.78 is 0.785. The predicted molar refractivity (Wildman–Crippen MR) is 80.6 cm³/mol. The molecule has 2 heterocycles. The minimum Gasteiger partial charge on any atom is -0.350 e. The van der Waals surface area contributed by atoms with Crippen molar-refractivity contribution >= 4 is 28.8 Å². The molecule has 0 radical (unpaired) electrons. The van der Waals surface area contributed by atoms with E-state index in [-0.39, 0.29) is 5.91 Å². The Morgan fingerprint density at radius 1 is 1.40 bits per heavy atom. The fourth-order valence-electron chi connectivity index (χ4n) is 2.54. The number of H-pyrrole nitrogens is 1. The number of carbonyl (C=O) groups excluding carboxylic acids is 1. The predicted octanol–water partition coefficient (Wildman–Crippen LogP) is 2.98. The zero-order chi connectivity index (χ0) is 13.9. The number of fused-ring (bicyclic) bond motifs is 1. The maximum Gasteiger partial charge on any atom is 0.272 e. The highest BCUT2D eigenvalue weighted by Crippen LogP contribution is 2.23. The molecule has 1 aliphatic carbocycles. The summed E-state index contributed by atoms with van der Waals surface area (Å²) in [5, 5.41) is 10.1. The van der Waals surface area contributed by atoms with Gasteiger partial charge in [0.2, 0.25) is 0 Å². The third-order valence-electron chi connectivity index (χ3n) is 3.56. The zero-order valence-corrected chi connectivity index (χ0v) is 12.6. The second kappa shape index (κ2) is 5.97. The SMILES string of the molecule is O=C(NCCc1ccc(Cl)s1)c1n[nH]c2c1CCCC2. The van der Waals surface area contributed by atoms with Gasteiger partial charge in [0.1, 0.15) is 0 Å². The first kappa shape index (κ1) is 13.6. The van der Waals surface area contributed by atoms with E-state index in [2.05, 4.69) is 15.5 Å². The lowest BCUT2D eigenvalue weighted by molar-refractivity contribution is 0.0948. The van der Waals surface area contributed by atoms with Gasteiger partial charge >= 0.3 is 0 Å². The number of hydrogen-bond acceptors (Lipinski definition) is 3. The van der Waals surface area contributed by atoms with Gasteiger partial charge in [-0.25, -0.2) is 0 Å². The Kier molecular flexibility index (Phi) is 4.08. The van der Waals surface area contributed by atoms with E-state index >= 15 is 0 Å². The zero-order valence-electron chi connectivity index (χ0n) is 11.0. The molecule has 0 atom stereocenters. The number of nitrogens with zero attached hydrogens (tertiary/aromatic N) is 1. The Balaban J connectivity index is 1.58. The highest BCUT2D eigenvalue weighted by atomic mass is 35.5. The molecule has 4 nitrogen and oxygen atoms in total. The molecule has 1 aliphatic rings. The Hall–Kier alpha value is -1.33. The van der Waals surface area contributed by atoms with Gasteiger partial charge in [0.15, 0.2) is 5.69 Å². The van der Waals surface area contributed by atoms with E-state index in [4.69, 9.17) is 11.6 Å². The lowest BCUT2D eigenvalue weighted by Crippen LogP contribution is -2.27. The lowest BCUT2D eigenvalue weighted by atomic mass is 9.96. The maximum absolute atomic E-state index is 12.2. The molecule has 2 aromatic heterocycles. The monoisotopic (exact) mass is 309 g/mol. The summed E-state index contributed by atoms with van der Waals surface area (Å²) in [5.41, 5.74) is 2.81. The van der Waals surface area contributed by atoms with Gasteiger partial charge in [-0.15, -0.1) is 11.3 Å². The number of aromatic nitrogens is 2. The molecule has 2 aromatic rings. The second-order valence-corrected chi connectivity index (χ2v) is 6.75. The van der Waals surface area contributed by atoms with E-state index in [1.807, 2.05) is 12.1 Å². The molecule has 0 bridgehead atoms. The summed E-state index contributed by atoms with van der Waals surface area (Å²) in [6, 6.07) is 3.88. The van der Waals surface area contributed by atoms with E-state index in [1.165, 1.54) is 11.3 Å². The fraction of sp³-hybridized carbons (Fsp3) is 0.429. The minimum atomic E-state index is -0.0768. The number of aromatic amines is 1. The van der Waals surface area contributed by atoms with Crippen LogP contribution in [0.3, 0.4) is 0 Å². The molecule has 3 rings (SSSR count). The minimum absolute atomic E-state index is 0.0768. The van der Waals surface area contributed by atoms with E-state index < -0.39 is 0 Å². The largest absolute Gasteiger partial charge is 0.350 e. The van der Waals surface area contributed by atoms with Crippen molar-refractivity contribution in [1.82, 2.24) is 15.5 Å². The number of halogens is 1. The molecule has 0 fully saturated rings. The fourth-order valence-corrected chi connectivity index (χ4v) is 3.62. The molecule has 0 saturated heterocycles. The third-order valence-corrected chi connectivity index (χ3v) is 4.85. The van der Waals surface area contributed by atoms with Crippen LogP contribution in [0.5, 0.6) is 0 Å². The molecule has 2 N–H and O–H groups in total. The van der Waals surface area contributed by atoms with Crippen LogP contribution in [0.15, 0.2) is 12.1 Å². The molecule has 0 aromatic carbocycles. The van der Waals surface area contributed by atoms with Crippen molar-refractivity contribution in [1.29, 1.82) is 0 Å². The van der Waals surface area contributed by atoms with Crippen molar-refractivity contribution in [3.63, 3.8) is 0 Å². The summed E-state index contributed by atoms with van der Waals surface area (Å²) in [6.07, 6.45) is 5.07. The van der Waals surface area contributed by atoms with E-state index in [0.717, 1.165) is 41.3 Å². The van der Waals surface area contributed by atoms with Crippen molar-refractivity contribution in [2.75, 3.05) is 6.54 Å². The van der Waals surface area contributed by atoms with Crippen LogP contribution in [0.25, 0.3) is 0 Å². The summed E-state index contributed by atoms with van der Waals surface area (Å²) in [6.45, 7) is 0.608. The van der Waals surface area contributed by atoms with Gasteiger partial charge in [-0.1, -0.05) is 11.6 Å². The summed E-state index contributed by atoms with van der Waals surface area (Å²) >= 11 is 7.43. The first-order valence-electron chi connectivity index (χ1n) is 6.82. The molecular weight excluding hydrogens is 294 g/mol. The normalized spacial score (nSPS) is 14.1. The van der Waals surface area contributed by atoms with Crippen molar-refractivity contribution in [3.05, 3.63) is 38.3 Å². The molecule has 6 heteroatoms. The van der Waals surface area contributed by atoms with Crippen LogP contribution in [-0.4, -0.2) is 22.6 Å². The van der Waals surface area contributed by atoms with Gasteiger partial charge in [0, 0.05) is 22.7 Å². The maximum atomic E-state index is 12.2. The van der Waals surface area contributed by atoms with Crippen LogP contribution in [0, 0.1) is 0 Å². The highest BCUT2D eigenvalue weighted by Gasteiger charge is 2.21. The Morgan fingerprint density at radius 3 is 3.05 bits per heavy atom. The van der Waals surface area contributed by atoms with E-state index in [9.17, 15) is 4.79 Å². The average molecular weight is 310 g/mol. The second-order valence-electron chi connectivity index (χ2n) is 4.95. The van der Waals surface area contributed by atoms with Crippen LogP contribution in [-0.2, 0) is 19.3 Å². The summed E-state index contributed by atoms with van der Waals surface area (Å²) in [7, 11) is 0. The topological polar surface area (TPSA) is 57.8 Å². The van der Waals surface area contributed by atoms with Gasteiger partial charge in [-0.05, 0) is 44.2 Å². The van der Waals surface area contributed by atoms with Gasteiger partial charge in [-0.2, -0.15) is 5.10 Å². The number of amides is 1. The van der Waals surface area contributed by atoms with Gasteiger partial charge < -0.3 is 5.32 Å². The van der Waals surface area contributed by atoms with Crippen LogP contribution in [0.4, 0.5) is 0 Å². The summed E-state index contributed by atoms with van der Waals surface area (Å²) in [4.78, 5) is 13.3. The highest BCUT2D eigenvalue weighted by molar-refractivity contribution is 7.16. The van der Waals surface area contributed by atoms with Crippen molar-refractivity contribution in [3.8, 4) is 0 Å². The third kappa shape index (κ3) is 2.88. The Bertz CT molecular complexity index is 620. The molecule has 106 valence electrons. The quantitative estimate of drug-likeness (QED) is 0.912. The molecule has 0 spiro atoms. The van der Waals surface area contributed by atoms with Crippen LogP contribution in [0.2, 0.25) is 4.34 Å². The standard InChI is InChI=1S/C14H16ClN3OS/c15-12-6-5-9(20-12)7-8-16-14(19)13-10-3-1-2-4-11(10)17-18-13/h5-6H,1-4,7-8H2,(H,16,19)(H,17,18). The number of thiophene rings is 1. The van der Waals surface area contributed by atoms with Crippen LogP contribution >= 0.6 is 22.9 Å². The van der Waals surface area contributed by atoms with Crippen molar-refractivity contribution in [2.45, 2.75) is 32.1 Å². The molecule has 20 heavy (non-hydrogen) atoms. The van der Waals surface area contributed by atoms with E-state index in [1.54, 1.807) is 11.3 Å². The van der Waals surface area contributed by atoms with Crippen LogP contribution < -0.4 is 5.32 Å². The smallest absolute Gasteiger partial charge is 0.272 e. The lowest BCUT2D eigenvalue weighted by Gasteiger charge is -2.11. The van der Waals surface area contributed by atoms with Gasteiger partial charge in [0.25, 0.3) is 5.91 Å². The number of nitrogens with one attached hydrogen (secondary N) is 2. The number of rotatable bonds is 4. The molecule has 0 aliphatic heterocycles. The van der Waals surface area contributed by atoms with Gasteiger partial charge in [0.05, 0.1) is 4.34 Å². The molecule has 0 unspecified atom stereocenters. The van der Waals surface area contributed by atoms with E-state index in [0.29, 0.717) is 12.2 Å². The first-order chi connectivity index (χ1) is 9.74. The number of hydrogen-bond donors (Lipinski definition) is 2. The first-order valence-corrected chi connectivity index (χ1v) is 8.02. The van der Waals surface area contributed by atoms with Gasteiger partial charge in [-0.3, -0.25) is 9.89 Å².